The fraction of sp³-hybridized carbons (Fsp3) is 0.207. The summed E-state index contributed by atoms with van der Waals surface area (Å²) in [6.07, 6.45) is 1.69. The van der Waals surface area contributed by atoms with Gasteiger partial charge in [-0.1, -0.05) is 73.2 Å². The summed E-state index contributed by atoms with van der Waals surface area (Å²) in [7, 11) is 1.33. The molecule has 0 spiro atoms. The molecule has 188 valence electrons. The molecule has 2 aromatic heterocycles. The molecule has 3 heterocycles. The van der Waals surface area contributed by atoms with E-state index < -0.39 is 12.0 Å². The van der Waals surface area contributed by atoms with Crippen molar-refractivity contribution in [3.63, 3.8) is 0 Å². The highest BCUT2D eigenvalue weighted by Crippen LogP contribution is 2.32. The minimum absolute atomic E-state index is 0.258. The van der Waals surface area contributed by atoms with E-state index >= 15 is 0 Å². The Bertz CT molecular complexity index is 1710. The third-order valence-electron chi connectivity index (χ3n) is 6.39. The zero-order chi connectivity index (χ0) is 26.3. The molecule has 2 aromatic carbocycles. The molecule has 5 rings (SSSR count). The smallest absolute Gasteiger partial charge is 0.338 e. The number of ether oxygens (including phenoxy) is 1. The Morgan fingerprint density at radius 3 is 2.54 bits per heavy atom. The number of hydrogen-bond acceptors (Lipinski definition) is 6. The Kier molecular flexibility index (Phi) is 6.75. The number of carbonyl (C=O) groups is 1. The second kappa shape index (κ2) is 10.00. The van der Waals surface area contributed by atoms with Gasteiger partial charge in [-0.3, -0.25) is 9.36 Å². The van der Waals surface area contributed by atoms with Crippen LogP contribution >= 0.6 is 22.9 Å². The number of allylic oxidation sites excluding steroid dienone is 1. The minimum Gasteiger partial charge on any atom is -0.466 e. The quantitative estimate of drug-likeness (QED) is 0.321. The topological polar surface area (TPSA) is 73.8 Å². The van der Waals surface area contributed by atoms with Gasteiger partial charge in [0.05, 0.1) is 34.0 Å². The fourth-order valence-electron chi connectivity index (χ4n) is 4.44. The summed E-state index contributed by atoms with van der Waals surface area (Å²) in [4.78, 5) is 31.7. The fourth-order valence-corrected chi connectivity index (χ4v) is 5.69. The number of carbonyl (C=O) groups excluding carboxylic acids is 1. The Balaban J connectivity index is 1.64. The van der Waals surface area contributed by atoms with Gasteiger partial charge in [-0.15, -0.1) is 0 Å². The molecule has 0 bridgehead atoms. The third kappa shape index (κ3) is 4.61. The van der Waals surface area contributed by atoms with Gasteiger partial charge in [-0.05, 0) is 48.2 Å². The summed E-state index contributed by atoms with van der Waals surface area (Å²) in [5.74, 6) is 0.972. The molecule has 0 N–H and O–H groups in total. The number of rotatable bonds is 5. The summed E-state index contributed by atoms with van der Waals surface area (Å²) < 4.78 is 13.1. The van der Waals surface area contributed by atoms with Crippen LogP contribution in [0.5, 0.6) is 0 Å². The van der Waals surface area contributed by atoms with Crippen LogP contribution in [-0.2, 0) is 9.53 Å². The van der Waals surface area contributed by atoms with Crippen LogP contribution in [0.15, 0.2) is 86.1 Å². The highest BCUT2D eigenvalue weighted by Gasteiger charge is 2.33. The number of aromatic nitrogens is 1. The first kappa shape index (κ1) is 25.0. The number of halogens is 1. The van der Waals surface area contributed by atoms with Crippen LogP contribution in [-0.4, -0.2) is 17.6 Å². The van der Waals surface area contributed by atoms with Crippen molar-refractivity contribution < 1.29 is 13.9 Å². The number of nitrogens with zero attached hydrogens (tertiary/aromatic N) is 2. The number of esters is 1. The van der Waals surface area contributed by atoms with Crippen molar-refractivity contribution in [2.24, 2.45) is 4.99 Å². The number of thiazole rings is 1. The van der Waals surface area contributed by atoms with Gasteiger partial charge < -0.3 is 9.15 Å². The lowest BCUT2D eigenvalue weighted by atomic mass is 9.93. The first-order chi connectivity index (χ1) is 17.8. The van der Waals surface area contributed by atoms with Crippen LogP contribution in [0.1, 0.15) is 49.6 Å². The lowest BCUT2D eigenvalue weighted by Gasteiger charge is -2.24. The van der Waals surface area contributed by atoms with Crippen LogP contribution < -0.4 is 14.9 Å². The second-order valence-electron chi connectivity index (χ2n) is 9.08. The van der Waals surface area contributed by atoms with E-state index in [2.05, 4.69) is 18.8 Å². The molecule has 0 amide bonds. The molecule has 6 nitrogen and oxygen atoms in total. The number of methoxy groups -OCH3 is 1. The van der Waals surface area contributed by atoms with E-state index in [0.717, 1.165) is 11.1 Å². The van der Waals surface area contributed by atoms with Crippen molar-refractivity contribution in [3.8, 4) is 11.3 Å². The van der Waals surface area contributed by atoms with Crippen molar-refractivity contribution in [1.82, 2.24) is 4.57 Å². The van der Waals surface area contributed by atoms with E-state index in [1.807, 2.05) is 48.5 Å². The molecule has 1 aliphatic rings. The Morgan fingerprint density at radius 1 is 1.14 bits per heavy atom. The zero-order valence-electron chi connectivity index (χ0n) is 20.8. The van der Waals surface area contributed by atoms with Gasteiger partial charge in [0.15, 0.2) is 4.80 Å². The van der Waals surface area contributed by atoms with Crippen molar-refractivity contribution in [1.29, 1.82) is 0 Å². The Hall–Kier alpha value is -3.68. The Morgan fingerprint density at radius 2 is 1.86 bits per heavy atom. The van der Waals surface area contributed by atoms with Gasteiger partial charge in [0, 0.05) is 11.6 Å². The molecule has 0 radical (unpaired) electrons. The molecule has 0 saturated carbocycles. The monoisotopic (exact) mass is 532 g/mol. The standard InChI is InChI=1S/C29H25ClN2O4S/c1-16(2)18-9-11-19(12-10-18)26-25(28(34)35-4)17(3)31-29-32(26)27(33)24(37-29)15-20-13-14-23(36-20)21-7-5-6-8-22(21)30/h5-16,26H,1-4H3/b24-15+/t26-/m0/s1. The predicted molar refractivity (Wildman–Crippen MR) is 145 cm³/mol. The average molecular weight is 533 g/mol. The Labute approximate surface area is 222 Å². The molecule has 37 heavy (non-hydrogen) atoms. The van der Waals surface area contributed by atoms with Gasteiger partial charge in [0.2, 0.25) is 0 Å². The number of furan rings is 1. The van der Waals surface area contributed by atoms with E-state index in [0.29, 0.717) is 43.1 Å². The maximum absolute atomic E-state index is 13.7. The van der Waals surface area contributed by atoms with Crippen LogP contribution in [0, 0.1) is 0 Å². The lowest BCUT2D eigenvalue weighted by molar-refractivity contribution is -0.136. The molecule has 0 saturated heterocycles. The predicted octanol–water partition coefficient (Wildman–Crippen LogP) is 5.45. The number of benzene rings is 2. The largest absolute Gasteiger partial charge is 0.466 e. The molecule has 8 heteroatoms. The van der Waals surface area contributed by atoms with Crippen molar-refractivity contribution >= 4 is 35.0 Å². The molecular weight excluding hydrogens is 508 g/mol. The van der Waals surface area contributed by atoms with E-state index in [9.17, 15) is 9.59 Å². The van der Waals surface area contributed by atoms with Crippen LogP contribution in [0.4, 0.5) is 0 Å². The molecule has 4 aromatic rings. The van der Waals surface area contributed by atoms with Crippen molar-refractivity contribution in [3.05, 3.63) is 114 Å². The van der Waals surface area contributed by atoms with E-state index in [4.69, 9.17) is 20.8 Å². The summed E-state index contributed by atoms with van der Waals surface area (Å²) in [5, 5.41) is 0.581. The maximum Gasteiger partial charge on any atom is 0.338 e. The summed E-state index contributed by atoms with van der Waals surface area (Å²) in [6, 6.07) is 18.4. The zero-order valence-corrected chi connectivity index (χ0v) is 22.4. The average Bonchev–Trinajstić information content (AvgIpc) is 3.47. The van der Waals surface area contributed by atoms with Gasteiger partial charge in [0.25, 0.3) is 5.56 Å². The van der Waals surface area contributed by atoms with E-state index in [-0.39, 0.29) is 5.56 Å². The highest BCUT2D eigenvalue weighted by atomic mass is 35.5. The first-order valence-electron chi connectivity index (χ1n) is 11.8. The molecule has 1 aliphatic heterocycles. The summed E-state index contributed by atoms with van der Waals surface area (Å²) in [5.41, 5.74) is 3.36. The van der Waals surface area contributed by atoms with Gasteiger partial charge in [-0.25, -0.2) is 9.79 Å². The van der Waals surface area contributed by atoms with Crippen molar-refractivity contribution in [2.45, 2.75) is 32.7 Å². The number of fused-ring (bicyclic) bond motifs is 1. The van der Waals surface area contributed by atoms with Crippen LogP contribution in [0.3, 0.4) is 0 Å². The van der Waals surface area contributed by atoms with Crippen LogP contribution in [0.25, 0.3) is 17.4 Å². The van der Waals surface area contributed by atoms with E-state index in [1.54, 1.807) is 29.7 Å². The van der Waals surface area contributed by atoms with Crippen molar-refractivity contribution in [2.75, 3.05) is 7.11 Å². The molecule has 0 unspecified atom stereocenters. The molecule has 0 fully saturated rings. The second-order valence-corrected chi connectivity index (χ2v) is 10.5. The highest BCUT2D eigenvalue weighted by molar-refractivity contribution is 7.07. The minimum atomic E-state index is -0.651. The SMILES string of the molecule is COC(=O)C1=C(C)N=c2s/c(=C/c3ccc(-c4ccccc4Cl)o3)c(=O)n2[C@H]1c1ccc(C(C)C)cc1. The molecule has 1 atom stereocenters. The number of hydrogen-bond donors (Lipinski definition) is 0. The molecular formula is C29H25ClN2O4S. The summed E-state index contributed by atoms with van der Waals surface area (Å²) in [6.45, 7) is 6.00. The normalized spacial score (nSPS) is 15.6. The van der Waals surface area contributed by atoms with Gasteiger partial charge in [-0.2, -0.15) is 0 Å². The van der Waals surface area contributed by atoms with Crippen LogP contribution in [0.2, 0.25) is 5.02 Å². The maximum atomic E-state index is 13.7. The first-order valence-corrected chi connectivity index (χ1v) is 13.0. The molecule has 0 aliphatic carbocycles. The summed E-state index contributed by atoms with van der Waals surface area (Å²) >= 11 is 7.56. The van der Waals surface area contributed by atoms with Gasteiger partial charge in [0.1, 0.15) is 11.5 Å². The van der Waals surface area contributed by atoms with Gasteiger partial charge >= 0.3 is 5.97 Å². The lowest BCUT2D eigenvalue weighted by Crippen LogP contribution is -2.39. The van der Waals surface area contributed by atoms with E-state index in [1.165, 1.54) is 24.0 Å². The third-order valence-corrected chi connectivity index (χ3v) is 7.70.